The maximum atomic E-state index is 13.9. The lowest BCUT2D eigenvalue weighted by Gasteiger charge is -2.31. The summed E-state index contributed by atoms with van der Waals surface area (Å²) in [6.07, 6.45) is 1.93. The van der Waals surface area contributed by atoms with E-state index in [2.05, 4.69) is 9.73 Å². The lowest BCUT2D eigenvalue weighted by molar-refractivity contribution is 0.0595. The molecule has 5 nitrogen and oxygen atoms in total. The molecule has 1 fully saturated rings. The normalized spacial score (nSPS) is 20.6. The zero-order chi connectivity index (χ0) is 13.6. The Morgan fingerprint density at radius 3 is 3.11 bits per heavy atom. The van der Waals surface area contributed by atoms with Crippen LogP contribution in [0.1, 0.15) is 34.8 Å². The minimum atomic E-state index is -0.674. The van der Waals surface area contributed by atoms with Gasteiger partial charge >= 0.3 is 5.97 Å². The van der Waals surface area contributed by atoms with E-state index in [9.17, 15) is 9.18 Å². The molecule has 100 valence electrons. The molecule has 2 aliphatic rings. The number of halogens is 1. The largest absolute Gasteiger partial charge is 0.465 e. The van der Waals surface area contributed by atoms with Crippen molar-refractivity contribution in [3.05, 3.63) is 29.1 Å². The van der Waals surface area contributed by atoms with Crippen LogP contribution in [-0.2, 0) is 4.74 Å². The fourth-order valence-electron chi connectivity index (χ4n) is 2.76. The Kier molecular flexibility index (Phi) is 2.66. The SMILES string of the molecule is COC(=O)c1cc2c(cc1F)N=C(N)N1CCC[C@H]21. The number of esters is 1. The van der Waals surface area contributed by atoms with E-state index in [0.29, 0.717) is 11.6 Å². The Morgan fingerprint density at radius 2 is 2.37 bits per heavy atom. The summed E-state index contributed by atoms with van der Waals surface area (Å²) in [6, 6.07) is 2.87. The summed E-state index contributed by atoms with van der Waals surface area (Å²) in [5.41, 5.74) is 7.17. The number of nitrogens with zero attached hydrogens (tertiary/aromatic N) is 2. The summed E-state index contributed by atoms with van der Waals surface area (Å²) in [5, 5.41) is 0. The number of ether oxygens (including phenoxy) is 1. The number of carbonyl (C=O) groups is 1. The topological polar surface area (TPSA) is 67.9 Å². The third kappa shape index (κ3) is 1.75. The van der Waals surface area contributed by atoms with Crippen molar-refractivity contribution >= 4 is 17.6 Å². The van der Waals surface area contributed by atoms with Crippen molar-refractivity contribution < 1.29 is 13.9 Å². The zero-order valence-electron chi connectivity index (χ0n) is 10.5. The molecule has 0 radical (unpaired) electrons. The lowest BCUT2D eigenvalue weighted by Crippen LogP contribution is -2.38. The van der Waals surface area contributed by atoms with Crippen LogP contribution < -0.4 is 5.73 Å². The van der Waals surface area contributed by atoms with Gasteiger partial charge in [0.2, 0.25) is 0 Å². The van der Waals surface area contributed by atoms with Gasteiger partial charge in [-0.2, -0.15) is 0 Å². The Morgan fingerprint density at radius 1 is 1.58 bits per heavy atom. The van der Waals surface area contributed by atoms with Crippen LogP contribution in [0.2, 0.25) is 0 Å². The summed E-state index contributed by atoms with van der Waals surface area (Å²) in [7, 11) is 1.24. The van der Waals surface area contributed by atoms with E-state index >= 15 is 0 Å². The summed E-state index contributed by atoms with van der Waals surface area (Å²) in [6.45, 7) is 0.838. The minimum Gasteiger partial charge on any atom is -0.465 e. The number of hydrogen-bond acceptors (Lipinski definition) is 5. The average Bonchev–Trinajstić information content (AvgIpc) is 2.87. The molecule has 1 saturated heterocycles. The quantitative estimate of drug-likeness (QED) is 0.783. The zero-order valence-corrected chi connectivity index (χ0v) is 10.5. The number of nitrogens with two attached hydrogens (primary N) is 1. The van der Waals surface area contributed by atoms with Crippen LogP contribution >= 0.6 is 0 Å². The van der Waals surface area contributed by atoms with Gasteiger partial charge < -0.3 is 15.4 Å². The van der Waals surface area contributed by atoms with Gasteiger partial charge in [0, 0.05) is 18.2 Å². The number of hydrogen-bond donors (Lipinski definition) is 1. The molecular formula is C13H14FN3O2. The first-order valence-electron chi connectivity index (χ1n) is 6.14. The van der Waals surface area contributed by atoms with Gasteiger partial charge in [-0.15, -0.1) is 0 Å². The van der Waals surface area contributed by atoms with Crippen molar-refractivity contribution in [2.24, 2.45) is 10.7 Å². The van der Waals surface area contributed by atoms with Crippen molar-refractivity contribution in [2.45, 2.75) is 18.9 Å². The third-order valence-electron chi connectivity index (χ3n) is 3.66. The predicted molar refractivity (Wildman–Crippen MR) is 67.7 cm³/mol. The number of rotatable bonds is 1. The number of fused-ring (bicyclic) bond motifs is 3. The second-order valence-electron chi connectivity index (χ2n) is 4.70. The van der Waals surface area contributed by atoms with Crippen LogP contribution in [0.25, 0.3) is 0 Å². The standard InChI is InChI=1S/C13H14FN3O2/c1-19-12(18)7-5-8-10(6-9(7)14)16-13(15)17-4-2-3-11(8)17/h5-6,11H,2-4H2,1H3,(H2,15,16)/t11-/m1/s1. The maximum Gasteiger partial charge on any atom is 0.340 e. The molecule has 2 N–H and O–H groups in total. The van der Waals surface area contributed by atoms with E-state index in [1.807, 2.05) is 4.90 Å². The number of methoxy groups -OCH3 is 1. The highest BCUT2D eigenvalue weighted by Crippen LogP contribution is 2.41. The smallest absolute Gasteiger partial charge is 0.340 e. The summed E-state index contributed by atoms with van der Waals surface area (Å²) >= 11 is 0. The molecule has 0 saturated carbocycles. The van der Waals surface area contributed by atoms with E-state index in [1.165, 1.54) is 19.2 Å². The van der Waals surface area contributed by atoms with Gasteiger partial charge in [-0.05, 0) is 18.9 Å². The lowest BCUT2D eigenvalue weighted by atomic mass is 9.98. The molecule has 0 bridgehead atoms. The number of benzene rings is 1. The first-order chi connectivity index (χ1) is 9.11. The van der Waals surface area contributed by atoms with E-state index in [-0.39, 0.29) is 11.6 Å². The maximum absolute atomic E-state index is 13.9. The van der Waals surface area contributed by atoms with Crippen molar-refractivity contribution in [3.63, 3.8) is 0 Å². The van der Waals surface area contributed by atoms with Crippen molar-refractivity contribution in [2.75, 3.05) is 13.7 Å². The second-order valence-corrected chi connectivity index (χ2v) is 4.70. The van der Waals surface area contributed by atoms with Crippen LogP contribution in [0.3, 0.4) is 0 Å². The van der Waals surface area contributed by atoms with E-state index in [0.717, 1.165) is 24.9 Å². The van der Waals surface area contributed by atoms with Crippen LogP contribution in [0, 0.1) is 5.82 Å². The van der Waals surface area contributed by atoms with Gasteiger partial charge in [0.15, 0.2) is 5.96 Å². The van der Waals surface area contributed by atoms with Crippen LogP contribution in [0.4, 0.5) is 10.1 Å². The summed E-state index contributed by atoms with van der Waals surface area (Å²) < 4.78 is 18.4. The van der Waals surface area contributed by atoms with E-state index in [4.69, 9.17) is 5.73 Å². The fraction of sp³-hybridized carbons (Fsp3) is 0.385. The molecule has 2 aliphatic heterocycles. The van der Waals surface area contributed by atoms with E-state index < -0.39 is 11.8 Å². The van der Waals surface area contributed by atoms with Crippen molar-refractivity contribution in [1.29, 1.82) is 0 Å². The average molecular weight is 263 g/mol. The molecule has 0 aliphatic carbocycles. The van der Waals surface area contributed by atoms with Gasteiger partial charge in [-0.1, -0.05) is 0 Å². The summed E-state index contributed by atoms with van der Waals surface area (Å²) in [4.78, 5) is 17.7. The molecule has 1 aromatic rings. The molecule has 1 aromatic carbocycles. The Bertz CT molecular complexity index is 585. The van der Waals surface area contributed by atoms with Crippen LogP contribution in [0.15, 0.2) is 17.1 Å². The van der Waals surface area contributed by atoms with Gasteiger partial charge in [0.1, 0.15) is 5.82 Å². The predicted octanol–water partition coefficient (Wildman–Crippen LogP) is 1.71. The highest BCUT2D eigenvalue weighted by atomic mass is 19.1. The molecule has 0 aromatic heterocycles. The molecule has 0 amide bonds. The highest BCUT2D eigenvalue weighted by molar-refractivity contribution is 5.92. The fourth-order valence-corrected chi connectivity index (χ4v) is 2.76. The van der Waals surface area contributed by atoms with Gasteiger partial charge in [0.25, 0.3) is 0 Å². The molecule has 6 heteroatoms. The van der Waals surface area contributed by atoms with Gasteiger partial charge in [-0.25, -0.2) is 14.2 Å². The summed E-state index contributed by atoms with van der Waals surface area (Å²) in [5.74, 6) is -0.888. The molecule has 2 heterocycles. The highest BCUT2D eigenvalue weighted by Gasteiger charge is 2.34. The monoisotopic (exact) mass is 263 g/mol. The Labute approximate surface area is 109 Å². The molecular weight excluding hydrogens is 249 g/mol. The Balaban J connectivity index is 2.14. The first kappa shape index (κ1) is 12.0. The molecule has 19 heavy (non-hydrogen) atoms. The molecule has 3 rings (SSSR count). The second kappa shape index (κ2) is 4.22. The third-order valence-corrected chi connectivity index (χ3v) is 3.66. The number of aliphatic imine (C=N–C) groups is 1. The van der Waals surface area contributed by atoms with Crippen molar-refractivity contribution in [1.82, 2.24) is 4.90 Å². The number of carbonyl (C=O) groups excluding carboxylic acids is 1. The van der Waals surface area contributed by atoms with Gasteiger partial charge in [0.05, 0.1) is 24.4 Å². The molecule has 0 unspecified atom stereocenters. The molecule has 0 spiro atoms. The molecule has 1 atom stereocenters. The Hall–Kier alpha value is -2.11. The minimum absolute atomic E-state index is 0.0521. The first-order valence-corrected chi connectivity index (χ1v) is 6.14. The number of guanidine groups is 1. The van der Waals surface area contributed by atoms with Crippen LogP contribution in [-0.4, -0.2) is 30.5 Å². The van der Waals surface area contributed by atoms with Gasteiger partial charge in [-0.3, -0.25) is 0 Å². The van der Waals surface area contributed by atoms with E-state index in [1.54, 1.807) is 0 Å². The van der Waals surface area contributed by atoms with Crippen molar-refractivity contribution in [3.8, 4) is 0 Å². The van der Waals surface area contributed by atoms with Crippen LogP contribution in [0.5, 0.6) is 0 Å².